The molecule has 41 heavy (non-hydrogen) atoms. The van der Waals surface area contributed by atoms with Crippen LogP contribution in [-0.4, -0.2) is 81.6 Å². The molecule has 0 radical (unpaired) electrons. The van der Waals surface area contributed by atoms with Crippen molar-refractivity contribution in [2.75, 3.05) is 57.2 Å². The van der Waals surface area contributed by atoms with E-state index in [9.17, 15) is 18.0 Å². The van der Waals surface area contributed by atoms with Gasteiger partial charge in [0.2, 0.25) is 21.9 Å². The Morgan fingerprint density at radius 3 is 2.24 bits per heavy atom. The summed E-state index contributed by atoms with van der Waals surface area (Å²) >= 11 is 0. The monoisotopic (exact) mass is 583 g/mol. The first kappa shape index (κ1) is 29.7. The van der Waals surface area contributed by atoms with E-state index in [1.54, 1.807) is 33.1 Å². The molecule has 1 aromatic heterocycles. The fourth-order valence-corrected chi connectivity index (χ4v) is 5.95. The van der Waals surface area contributed by atoms with Gasteiger partial charge >= 0.3 is 5.97 Å². The van der Waals surface area contributed by atoms with Gasteiger partial charge in [-0.1, -0.05) is 0 Å². The van der Waals surface area contributed by atoms with Crippen LogP contribution in [0.5, 0.6) is 11.5 Å². The van der Waals surface area contributed by atoms with Crippen LogP contribution in [0, 0.1) is 6.92 Å². The van der Waals surface area contributed by atoms with Crippen molar-refractivity contribution in [3.05, 3.63) is 53.7 Å². The van der Waals surface area contributed by atoms with Crippen LogP contribution in [0.3, 0.4) is 0 Å². The molecule has 1 amide bonds. The Bertz CT molecular complexity index is 1540. The maximum Gasteiger partial charge on any atom is 0.342 e. The maximum atomic E-state index is 13.4. The summed E-state index contributed by atoms with van der Waals surface area (Å²) in [4.78, 5) is 35.6. The average molecular weight is 584 g/mol. The average Bonchev–Trinajstić information content (AvgIpc) is 2.96. The molecule has 0 spiro atoms. The maximum absolute atomic E-state index is 13.4. The Kier molecular flexibility index (Phi) is 9.08. The molecule has 0 aliphatic carbocycles. The number of ether oxygens (including phenoxy) is 3. The third kappa shape index (κ3) is 6.41. The number of methoxy groups -OCH3 is 2. The molecule has 1 aliphatic heterocycles. The van der Waals surface area contributed by atoms with Gasteiger partial charge in [0.25, 0.3) is 0 Å². The highest BCUT2D eigenvalue weighted by Gasteiger charge is 2.31. The Morgan fingerprint density at radius 2 is 1.66 bits per heavy atom. The first-order valence-electron chi connectivity index (χ1n) is 13.0. The molecule has 1 fully saturated rings. The Hall–Kier alpha value is -4.23. The minimum absolute atomic E-state index is 0.0598. The van der Waals surface area contributed by atoms with Crippen LogP contribution in [0.25, 0.3) is 11.3 Å². The fourth-order valence-electron chi connectivity index (χ4n) is 4.51. The number of carbonyl (C=O) groups excluding carboxylic acids is 2. The number of hydrogen-bond acceptors (Lipinski definition) is 10. The number of amides is 1. The molecule has 13 heteroatoms. The lowest BCUT2D eigenvalue weighted by Gasteiger charge is -2.34. The molecule has 2 heterocycles. The van der Waals surface area contributed by atoms with Crippen molar-refractivity contribution in [3.63, 3.8) is 0 Å². The molecule has 3 aromatic rings. The number of benzene rings is 2. The smallest absolute Gasteiger partial charge is 0.342 e. The van der Waals surface area contributed by atoms with Crippen molar-refractivity contribution in [3.8, 4) is 22.8 Å². The zero-order valence-corrected chi connectivity index (χ0v) is 24.4. The third-order valence-electron chi connectivity index (χ3n) is 6.56. The molecule has 218 valence electrons. The fraction of sp³-hybridized carbons (Fsp3) is 0.357. The number of sulfonamides is 1. The van der Waals surface area contributed by atoms with Crippen molar-refractivity contribution < 1.29 is 32.2 Å². The second-order valence-electron chi connectivity index (χ2n) is 9.22. The quantitative estimate of drug-likeness (QED) is 0.374. The van der Waals surface area contributed by atoms with Gasteiger partial charge < -0.3 is 24.4 Å². The van der Waals surface area contributed by atoms with Gasteiger partial charge in [0.1, 0.15) is 17.1 Å². The predicted octanol–water partition coefficient (Wildman–Crippen LogP) is 3.12. The molecule has 2 aromatic carbocycles. The summed E-state index contributed by atoms with van der Waals surface area (Å²) in [6.07, 6.45) is 0. The molecule has 12 nitrogen and oxygen atoms in total. The highest BCUT2D eigenvalue weighted by atomic mass is 32.2. The van der Waals surface area contributed by atoms with Crippen molar-refractivity contribution in [2.45, 2.75) is 25.7 Å². The number of carbonyl (C=O) groups is 2. The Morgan fingerprint density at radius 1 is 0.976 bits per heavy atom. The number of nitrogens with zero attached hydrogens (tertiary/aromatic N) is 4. The summed E-state index contributed by atoms with van der Waals surface area (Å²) in [5.41, 5.74) is 2.24. The van der Waals surface area contributed by atoms with Crippen molar-refractivity contribution >= 4 is 33.5 Å². The van der Waals surface area contributed by atoms with Gasteiger partial charge in [-0.3, -0.25) is 4.79 Å². The molecule has 1 saturated heterocycles. The van der Waals surface area contributed by atoms with Crippen molar-refractivity contribution in [1.29, 1.82) is 0 Å². The molecular formula is C28H33N5O7S. The first-order chi connectivity index (χ1) is 19.6. The van der Waals surface area contributed by atoms with Crippen LogP contribution in [0.15, 0.2) is 47.4 Å². The summed E-state index contributed by atoms with van der Waals surface area (Å²) in [7, 11) is -0.855. The summed E-state index contributed by atoms with van der Waals surface area (Å²) in [6, 6.07) is 11.5. The number of aromatic nitrogens is 2. The van der Waals surface area contributed by atoms with Gasteiger partial charge in [-0.25, -0.2) is 23.2 Å². The highest BCUT2D eigenvalue weighted by molar-refractivity contribution is 7.89. The zero-order chi connectivity index (χ0) is 29.7. The van der Waals surface area contributed by atoms with Crippen molar-refractivity contribution in [1.82, 2.24) is 14.3 Å². The molecule has 1 aliphatic rings. The zero-order valence-electron chi connectivity index (χ0n) is 23.6. The SMILES string of the molecule is CCOC(=O)c1c(C)nc(N2CCN(S(=O)(=O)c3ccc(NC(C)=O)c(OC)c3)CC2)nc1-c1ccc(OC)cc1. The van der Waals surface area contributed by atoms with Gasteiger partial charge in [0.05, 0.1) is 42.8 Å². The van der Waals surface area contributed by atoms with E-state index >= 15 is 0 Å². The minimum Gasteiger partial charge on any atom is -0.497 e. The lowest BCUT2D eigenvalue weighted by molar-refractivity contribution is -0.114. The second kappa shape index (κ2) is 12.5. The van der Waals surface area contributed by atoms with Gasteiger partial charge in [-0.15, -0.1) is 0 Å². The number of hydrogen-bond donors (Lipinski definition) is 1. The largest absolute Gasteiger partial charge is 0.497 e. The van der Waals surface area contributed by atoms with Gasteiger partial charge in [-0.05, 0) is 50.2 Å². The summed E-state index contributed by atoms with van der Waals surface area (Å²) in [5.74, 6) is 0.490. The Labute approximate surface area is 239 Å². The number of aryl methyl sites for hydroxylation is 1. The van der Waals surface area contributed by atoms with Crippen LogP contribution < -0.4 is 19.7 Å². The summed E-state index contributed by atoms with van der Waals surface area (Å²) in [5, 5.41) is 2.62. The van der Waals surface area contributed by atoms with Crippen LogP contribution in [0.1, 0.15) is 29.9 Å². The molecule has 0 atom stereocenters. The molecule has 0 unspecified atom stereocenters. The van der Waals surface area contributed by atoms with Crippen molar-refractivity contribution in [2.24, 2.45) is 0 Å². The number of rotatable bonds is 9. The number of esters is 1. The lowest BCUT2D eigenvalue weighted by atomic mass is 10.0. The van der Waals surface area contributed by atoms with Crippen LogP contribution >= 0.6 is 0 Å². The van der Waals surface area contributed by atoms with E-state index in [-0.39, 0.29) is 41.8 Å². The van der Waals surface area contributed by atoms with Crippen LogP contribution in [-0.2, 0) is 19.6 Å². The molecular weight excluding hydrogens is 550 g/mol. The van der Waals surface area contributed by atoms with E-state index in [1.165, 1.54) is 36.5 Å². The van der Waals surface area contributed by atoms with E-state index in [1.807, 2.05) is 17.0 Å². The number of nitrogens with one attached hydrogen (secondary N) is 1. The lowest BCUT2D eigenvalue weighted by Crippen LogP contribution is -2.49. The van der Waals surface area contributed by atoms with E-state index in [2.05, 4.69) is 10.3 Å². The van der Waals surface area contributed by atoms with Crippen LogP contribution in [0.2, 0.25) is 0 Å². The highest BCUT2D eigenvalue weighted by Crippen LogP contribution is 2.31. The number of piperazine rings is 1. The third-order valence-corrected chi connectivity index (χ3v) is 8.46. The summed E-state index contributed by atoms with van der Waals surface area (Å²) < 4.78 is 44.1. The van der Waals surface area contributed by atoms with E-state index in [4.69, 9.17) is 19.2 Å². The standard InChI is InChI=1S/C28H33N5O7S/c1-6-40-27(35)25-18(2)29-28(31-26(25)20-7-9-21(38-4)10-8-20)32-13-15-33(16-14-32)41(36,37)22-11-12-23(30-19(3)34)24(17-22)39-5/h7-12,17H,6,13-16H2,1-5H3,(H,30,34). The van der Waals surface area contributed by atoms with Gasteiger partial charge in [0, 0.05) is 44.7 Å². The minimum atomic E-state index is -3.84. The number of anilines is 2. The topological polar surface area (TPSA) is 140 Å². The second-order valence-corrected chi connectivity index (χ2v) is 11.2. The molecule has 0 saturated carbocycles. The molecule has 1 N–H and O–H groups in total. The van der Waals surface area contributed by atoms with Gasteiger partial charge in [-0.2, -0.15) is 4.31 Å². The van der Waals surface area contributed by atoms with E-state index in [0.717, 1.165) is 0 Å². The van der Waals surface area contributed by atoms with E-state index in [0.29, 0.717) is 47.4 Å². The normalized spacial score (nSPS) is 13.9. The van der Waals surface area contributed by atoms with E-state index < -0.39 is 16.0 Å². The molecule has 0 bridgehead atoms. The Balaban J connectivity index is 1.59. The molecule has 4 rings (SSSR count). The first-order valence-corrected chi connectivity index (χ1v) is 14.4. The van der Waals surface area contributed by atoms with Gasteiger partial charge in [0.15, 0.2) is 0 Å². The predicted molar refractivity (Wildman–Crippen MR) is 153 cm³/mol. The van der Waals surface area contributed by atoms with Crippen LogP contribution in [0.4, 0.5) is 11.6 Å². The summed E-state index contributed by atoms with van der Waals surface area (Å²) in [6.45, 7) is 6.08.